The number of ether oxygens (including phenoxy) is 2. The maximum absolute atomic E-state index is 12.8. The molecule has 2 aromatic carbocycles. The molecule has 31 heavy (non-hydrogen) atoms. The number of aromatic nitrogens is 2. The molecule has 1 heterocycles. The van der Waals surface area contributed by atoms with E-state index in [9.17, 15) is 14.7 Å². The molecule has 0 fully saturated rings. The van der Waals surface area contributed by atoms with E-state index in [2.05, 4.69) is 4.98 Å². The molecule has 8 heteroatoms. The van der Waals surface area contributed by atoms with Crippen LogP contribution < -0.4 is 10.3 Å². The predicted molar refractivity (Wildman–Crippen MR) is 120 cm³/mol. The molecule has 1 unspecified atom stereocenters. The van der Waals surface area contributed by atoms with E-state index in [4.69, 9.17) is 9.47 Å². The number of aryl methyl sites for hydroxylation is 1. The second-order valence-corrected chi connectivity index (χ2v) is 6.83. The molecule has 3 aromatic rings. The molecule has 7 nitrogen and oxygen atoms in total. The van der Waals surface area contributed by atoms with Gasteiger partial charge in [-0.05, 0) is 36.8 Å². The van der Waals surface area contributed by atoms with Crippen molar-refractivity contribution in [2.24, 2.45) is 0 Å². The quantitative estimate of drug-likeness (QED) is 0.510. The number of carboxylic acids is 1. The fourth-order valence-corrected chi connectivity index (χ4v) is 3.32. The van der Waals surface area contributed by atoms with Gasteiger partial charge in [-0.25, -0.2) is 9.78 Å². The van der Waals surface area contributed by atoms with Gasteiger partial charge in [-0.2, -0.15) is 0 Å². The molecule has 0 aliphatic carbocycles. The Hall–Kier alpha value is -2.59. The molecule has 0 amide bonds. The number of hydrogen-bond acceptors (Lipinski definition) is 5. The Bertz CT molecular complexity index is 1070. The summed E-state index contributed by atoms with van der Waals surface area (Å²) in [4.78, 5) is 28.6. The van der Waals surface area contributed by atoms with Crippen molar-refractivity contribution in [3.63, 3.8) is 0 Å². The van der Waals surface area contributed by atoms with E-state index in [1.54, 1.807) is 29.7 Å². The van der Waals surface area contributed by atoms with E-state index in [-0.39, 0.29) is 24.4 Å². The van der Waals surface area contributed by atoms with Gasteiger partial charge < -0.3 is 14.6 Å². The number of hydrogen-bond donors (Lipinski definition) is 1. The van der Waals surface area contributed by atoms with Gasteiger partial charge in [0.05, 0.1) is 17.4 Å². The van der Waals surface area contributed by atoms with Crippen LogP contribution in [0.25, 0.3) is 10.9 Å². The molecule has 1 radical (unpaired) electrons. The van der Waals surface area contributed by atoms with Crippen molar-refractivity contribution in [3.8, 4) is 5.75 Å². The maximum Gasteiger partial charge on any atom is 0.333 e. The van der Waals surface area contributed by atoms with Gasteiger partial charge in [-0.3, -0.25) is 9.36 Å². The molecule has 0 bridgehead atoms. The standard InChI is InChI=1S/C23H26N2O5.Li/c1-3-21-24-19-8-6-5-7-18(19)22(26)25(21)13-14-30-17-11-9-16(10-12-17)15-20(23(27)28)29-4-2;/h5-12,20H,3-4,13-15H2,1-2H3,(H,27,28);. The molecule has 0 aliphatic rings. The van der Waals surface area contributed by atoms with Crippen LogP contribution in [0.1, 0.15) is 25.2 Å². The summed E-state index contributed by atoms with van der Waals surface area (Å²) in [5.41, 5.74) is 1.50. The second-order valence-electron chi connectivity index (χ2n) is 6.83. The summed E-state index contributed by atoms with van der Waals surface area (Å²) in [6.07, 6.45) is 0.0855. The molecule has 1 aromatic heterocycles. The van der Waals surface area contributed by atoms with Crippen LogP contribution in [0.2, 0.25) is 0 Å². The summed E-state index contributed by atoms with van der Waals surface area (Å²) in [5.74, 6) is 0.411. The Morgan fingerprint density at radius 3 is 2.48 bits per heavy atom. The number of nitrogens with zero attached hydrogens (tertiary/aromatic N) is 2. The van der Waals surface area contributed by atoms with Crippen LogP contribution in [0.15, 0.2) is 53.3 Å². The molecular weight excluding hydrogens is 391 g/mol. The zero-order chi connectivity index (χ0) is 21.5. The van der Waals surface area contributed by atoms with Crippen LogP contribution >= 0.6 is 0 Å². The summed E-state index contributed by atoms with van der Waals surface area (Å²) in [5, 5.41) is 9.79. The summed E-state index contributed by atoms with van der Waals surface area (Å²) >= 11 is 0. The van der Waals surface area contributed by atoms with Crippen molar-refractivity contribution in [3.05, 3.63) is 70.3 Å². The van der Waals surface area contributed by atoms with Crippen LogP contribution in [0.4, 0.5) is 0 Å². The number of benzene rings is 2. The summed E-state index contributed by atoms with van der Waals surface area (Å²) in [7, 11) is 0. The normalized spacial score (nSPS) is 11.7. The monoisotopic (exact) mass is 417 g/mol. The fourth-order valence-electron chi connectivity index (χ4n) is 3.32. The smallest absolute Gasteiger partial charge is 0.333 e. The minimum atomic E-state index is -0.974. The summed E-state index contributed by atoms with van der Waals surface area (Å²) in [6.45, 7) is 4.81. The Kier molecular flexibility index (Phi) is 9.32. The van der Waals surface area contributed by atoms with E-state index in [0.717, 1.165) is 11.4 Å². The minimum absolute atomic E-state index is 0. The predicted octanol–water partition coefficient (Wildman–Crippen LogP) is 2.69. The molecule has 159 valence electrons. The zero-order valence-electron chi connectivity index (χ0n) is 18.2. The van der Waals surface area contributed by atoms with Gasteiger partial charge in [0.25, 0.3) is 5.56 Å². The molecular formula is C23H26LiN2O5. The van der Waals surface area contributed by atoms with E-state index >= 15 is 0 Å². The van der Waals surface area contributed by atoms with Crippen molar-refractivity contribution in [2.75, 3.05) is 13.2 Å². The van der Waals surface area contributed by atoms with Crippen molar-refractivity contribution in [1.82, 2.24) is 9.55 Å². The van der Waals surface area contributed by atoms with Gasteiger partial charge in [-0.1, -0.05) is 31.2 Å². The Balaban J connectivity index is 0.00000341. The second kappa shape index (κ2) is 11.7. The van der Waals surface area contributed by atoms with Gasteiger partial charge in [0.1, 0.15) is 18.2 Å². The molecule has 1 N–H and O–H groups in total. The number of fused-ring (bicyclic) bond motifs is 1. The van der Waals surface area contributed by atoms with Crippen LogP contribution in [0.3, 0.4) is 0 Å². The van der Waals surface area contributed by atoms with E-state index in [1.165, 1.54) is 0 Å². The third-order valence-electron chi connectivity index (χ3n) is 4.83. The van der Waals surface area contributed by atoms with E-state index in [0.29, 0.717) is 49.3 Å². The Labute approximate surface area is 193 Å². The minimum Gasteiger partial charge on any atom is -0.492 e. The Morgan fingerprint density at radius 2 is 1.84 bits per heavy atom. The Morgan fingerprint density at radius 1 is 1.13 bits per heavy atom. The third kappa shape index (κ3) is 6.20. The van der Waals surface area contributed by atoms with Gasteiger partial charge in [0.15, 0.2) is 6.10 Å². The van der Waals surface area contributed by atoms with Crippen LogP contribution in [-0.4, -0.2) is 58.8 Å². The number of rotatable bonds is 10. The van der Waals surface area contributed by atoms with Crippen LogP contribution in [0.5, 0.6) is 5.75 Å². The average molecular weight is 417 g/mol. The third-order valence-corrected chi connectivity index (χ3v) is 4.83. The van der Waals surface area contributed by atoms with Gasteiger partial charge >= 0.3 is 5.97 Å². The first-order chi connectivity index (χ1) is 14.5. The number of aliphatic carboxylic acids is 1. The summed E-state index contributed by atoms with van der Waals surface area (Å²) in [6, 6.07) is 14.6. The van der Waals surface area contributed by atoms with Gasteiger partial charge in [0, 0.05) is 38.3 Å². The van der Waals surface area contributed by atoms with E-state index < -0.39 is 12.1 Å². The average Bonchev–Trinajstić information content (AvgIpc) is 2.75. The van der Waals surface area contributed by atoms with Crippen molar-refractivity contribution >= 4 is 35.7 Å². The van der Waals surface area contributed by atoms with Crippen molar-refractivity contribution in [2.45, 2.75) is 39.3 Å². The largest absolute Gasteiger partial charge is 0.492 e. The summed E-state index contributed by atoms with van der Waals surface area (Å²) < 4.78 is 12.7. The molecule has 0 saturated heterocycles. The number of carbonyl (C=O) groups is 1. The van der Waals surface area contributed by atoms with Crippen molar-refractivity contribution in [1.29, 1.82) is 0 Å². The van der Waals surface area contributed by atoms with Gasteiger partial charge in [0.2, 0.25) is 0 Å². The van der Waals surface area contributed by atoms with E-state index in [1.807, 2.05) is 37.3 Å². The van der Waals surface area contributed by atoms with Crippen LogP contribution in [0, 0.1) is 0 Å². The molecule has 0 spiro atoms. The van der Waals surface area contributed by atoms with Gasteiger partial charge in [-0.15, -0.1) is 0 Å². The fraction of sp³-hybridized carbons (Fsp3) is 0.348. The van der Waals surface area contributed by atoms with Crippen molar-refractivity contribution < 1.29 is 19.4 Å². The molecule has 0 aliphatic heterocycles. The number of para-hydroxylation sites is 1. The zero-order valence-corrected chi connectivity index (χ0v) is 18.2. The molecule has 1 atom stereocenters. The first kappa shape index (κ1) is 24.7. The topological polar surface area (TPSA) is 90.7 Å². The number of carboxylic acid groups (broad SMARTS) is 1. The van der Waals surface area contributed by atoms with Crippen LogP contribution in [-0.2, 0) is 28.9 Å². The molecule has 3 rings (SSSR count). The molecule has 0 saturated carbocycles. The first-order valence-corrected chi connectivity index (χ1v) is 10.1. The first-order valence-electron chi connectivity index (χ1n) is 10.1. The SMILES string of the molecule is CCOC(Cc1ccc(OCCn2c(CC)nc3ccccc3c2=O)cc1)C(=O)O.[Li]. The maximum atomic E-state index is 12.8.